The third-order valence-electron chi connectivity index (χ3n) is 0.933. The molecule has 1 unspecified atom stereocenters. The molecule has 0 saturated heterocycles. The van der Waals surface area contributed by atoms with Crippen LogP contribution in [-0.4, -0.2) is 5.97 Å². The van der Waals surface area contributed by atoms with Crippen LogP contribution in [0.5, 0.6) is 0 Å². The molecule has 0 radical (unpaired) electrons. The Labute approximate surface area is 58.3 Å². The van der Waals surface area contributed by atoms with Crippen LogP contribution in [0.15, 0.2) is 0 Å². The smallest absolute Gasteiger partial charge is 0.0670 e. The van der Waals surface area contributed by atoms with Gasteiger partial charge in [0.15, 0.2) is 0 Å². The zero-order chi connectivity index (χ0) is 7.98. The number of carbonyl (C=O) groups is 1. The molecule has 0 aromatic carbocycles. The first kappa shape index (κ1) is 8.45. The van der Waals surface area contributed by atoms with E-state index in [1.807, 2.05) is 0 Å². The zero-order valence-corrected chi connectivity index (χ0v) is 5.20. The summed E-state index contributed by atoms with van der Waals surface area (Å²) in [5.41, 5.74) is 0. The summed E-state index contributed by atoms with van der Waals surface area (Å²) >= 11 is 0. The third-order valence-corrected chi connectivity index (χ3v) is 0.933. The fourth-order valence-corrected chi connectivity index (χ4v) is 0.475. The maximum atomic E-state index is 9.87. The number of hydrogen-bond donors (Lipinski definition) is 0. The standard InChI is InChI=1S/C6H6N2O2/c7-2-1-5(4-8)3-6(9)10/h5H,1,3H2,(H,9,10)/p-1. The number of carboxylic acid groups (broad SMARTS) is 1. The van der Waals surface area contributed by atoms with Crippen molar-refractivity contribution in [3.63, 3.8) is 0 Å². The van der Waals surface area contributed by atoms with E-state index in [1.165, 1.54) is 0 Å². The molecule has 0 saturated carbocycles. The van der Waals surface area contributed by atoms with Crippen LogP contribution in [0.1, 0.15) is 12.8 Å². The Kier molecular flexibility index (Phi) is 3.67. The van der Waals surface area contributed by atoms with E-state index in [9.17, 15) is 9.90 Å². The summed E-state index contributed by atoms with van der Waals surface area (Å²) in [6, 6.07) is 3.40. The van der Waals surface area contributed by atoms with Gasteiger partial charge in [0.05, 0.1) is 24.5 Å². The molecule has 0 heterocycles. The molecule has 4 heteroatoms. The molecule has 52 valence electrons. The Morgan fingerprint density at radius 2 is 2.20 bits per heavy atom. The molecule has 0 N–H and O–H groups in total. The van der Waals surface area contributed by atoms with Crippen molar-refractivity contribution in [2.75, 3.05) is 0 Å². The quantitative estimate of drug-likeness (QED) is 0.508. The van der Waals surface area contributed by atoms with Gasteiger partial charge in [-0.25, -0.2) is 0 Å². The molecule has 0 rings (SSSR count). The van der Waals surface area contributed by atoms with Crippen LogP contribution >= 0.6 is 0 Å². The predicted molar refractivity (Wildman–Crippen MR) is 29.0 cm³/mol. The maximum Gasteiger partial charge on any atom is 0.0670 e. The van der Waals surface area contributed by atoms with E-state index in [0.29, 0.717) is 0 Å². The van der Waals surface area contributed by atoms with Gasteiger partial charge in [0.25, 0.3) is 0 Å². The third kappa shape index (κ3) is 3.45. The Bertz CT molecular complexity index is 199. The molecule has 0 aliphatic carbocycles. The number of nitrogens with zero attached hydrogens (tertiary/aromatic N) is 2. The summed E-state index contributed by atoms with van der Waals surface area (Å²) in [7, 11) is 0. The number of rotatable bonds is 3. The van der Waals surface area contributed by atoms with E-state index in [2.05, 4.69) is 0 Å². The Hall–Kier alpha value is -1.55. The minimum absolute atomic E-state index is 0.0511. The van der Waals surface area contributed by atoms with Gasteiger partial charge in [-0.15, -0.1) is 0 Å². The van der Waals surface area contributed by atoms with Gasteiger partial charge in [0.2, 0.25) is 0 Å². The predicted octanol–water partition coefficient (Wildman–Crippen LogP) is -0.820. The van der Waals surface area contributed by atoms with Gasteiger partial charge in [0, 0.05) is 12.4 Å². The van der Waals surface area contributed by atoms with E-state index in [0.717, 1.165) is 0 Å². The molecule has 1 atom stereocenters. The minimum Gasteiger partial charge on any atom is -0.550 e. The topological polar surface area (TPSA) is 87.7 Å². The van der Waals surface area contributed by atoms with Crippen molar-refractivity contribution in [3.05, 3.63) is 0 Å². The van der Waals surface area contributed by atoms with E-state index in [1.54, 1.807) is 12.1 Å². The number of carbonyl (C=O) groups excluding carboxylic acids is 1. The lowest BCUT2D eigenvalue weighted by Gasteiger charge is -2.03. The van der Waals surface area contributed by atoms with Crippen molar-refractivity contribution in [1.82, 2.24) is 0 Å². The minimum atomic E-state index is -1.29. The molecule has 10 heavy (non-hydrogen) atoms. The fourth-order valence-electron chi connectivity index (χ4n) is 0.475. The lowest BCUT2D eigenvalue weighted by molar-refractivity contribution is -0.306. The van der Waals surface area contributed by atoms with Gasteiger partial charge in [-0.1, -0.05) is 0 Å². The molecule has 4 nitrogen and oxygen atoms in total. The van der Waals surface area contributed by atoms with Crippen molar-refractivity contribution in [1.29, 1.82) is 10.5 Å². The van der Waals surface area contributed by atoms with Crippen LogP contribution in [-0.2, 0) is 4.79 Å². The monoisotopic (exact) mass is 137 g/mol. The lowest BCUT2D eigenvalue weighted by Crippen LogP contribution is -2.24. The van der Waals surface area contributed by atoms with E-state index in [4.69, 9.17) is 10.5 Å². The molecular formula is C6H5N2O2-. The highest BCUT2D eigenvalue weighted by Crippen LogP contribution is 2.03. The van der Waals surface area contributed by atoms with Crippen LogP contribution in [0.3, 0.4) is 0 Å². The Balaban J connectivity index is 3.77. The van der Waals surface area contributed by atoms with Gasteiger partial charge in [-0.2, -0.15) is 10.5 Å². The van der Waals surface area contributed by atoms with Crippen molar-refractivity contribution < 1.29 is 9.90 Å². The van der Waals surface area contributed by atoms with Crippen molar-refractivity contribution >= 4 is 5.97 Å². The highest BCUT2D eigenvalue weighted by molar-refractivity contribution is 5.65. The number of aliphatic carboxylic acids is 1. The van der Waals surface area contributed by atoms with E-state index in [-0.39, 0.29) is 12.8 Å². The normalized spacial score (nSPS) is 11.0. The average molecular weight is 137 g/mol. The summed E-state index contributed by atoms with van der Waals surface area (Å²) in [4.78, 5) is 9.87. The number of carboxylic acids is 1. The lowest BCUT2D eigenvalue weighted by atomic mass is 10.1. The first-order valence-corrected chi connectivity index (χ1v) is 2.67. The Morgan fingerprint density at radius 3 is 2.50 bits per heavy atom. The average Bonchev–Trinajstić information content (AvgIpc) is 1.86. The fraction of sp³-hybridized carbons (Fsp3) is 0.500. The summed E-state index contributed by atoms with van der Waals surface area (Å²) in [6.07, 6.45) is -0.408. The van der Waals surface area contributed by atoms with Gasteiger partial charge in [-0.05, 0) is 0 Å². The van der Waals surface area contributed by atoms with Crippen molar-refractivity contribution in [2.24, 2.45) is 5.92 Å². The number of nitriles is 2. The molecule has 0 aromatic heterocycles. The molecule has 0 aliphatic heterocycles. The van der Waals surface area contributed by atoms with Crippen LogP contribution < -0.4 is 5.11 Å². The molecule has 0 bridgehead atoms. The van der Waals surface area contributed by atoms with Gasteiger partial charge in [0.1, 0.15) is 0 Å². The SMILES string of the molecule is N#CCC(C#N)CC(=O)[O-]. The maximum absolute atomic E-state index is 9.87. The largest absolute Gasteiger partial charge is 0.550 e. The summed E-state index contributed by atoms with van der Waals surface area (Å²) in [5.74, 6) is -2.02. The van der Waals surface area contributed by atoms with E-state index < -0.39 is 11.9 Å². The van der Waals surface area contributed by atoms with E-state index >= 15 is 0 Å². The van der Waals surface area contributed by atoms with Gasteiger partial charge in [-0.3, -0.25) is 0 Å². The Morgan fingerprint density at radius 1 is 1.60 bits per heavy atom. The molecule has 0 spiro atoms. The molecule has 0 aromatic rings. The molecular weight excluding hydrogens is 132 g/mol. The molecule has 0 aliphatic rings. The second-order valence-corrected chi connectivity index (χ2v) is 1.76. The van der Waals surface area contributed by atoms with Crippen molar-refractivity contribution in [2.45, 2.75) is 12.8 Å². The second kappa shape index (κ2) is 4.34. The highest BCUT2D eigenvalue weighted by atomic mass is 16.4. The first-order chi connectivity index (χ1) is 4.70. The molecule has 0 amide bonds. The summed E-state index contributed by atoms with van der Waals surface area (Å²) in [5, 5.41) is 26.2. The van der Waals surface area contributed by atoms with Crippen LogP contribution in [0.25, 0.3) is 0 Å². The van der Waals surface area contributed by atoms with Gasteiger partial charge < -0.3 is 9.90 Å². The first-order valence-electron chi connectivity index (χ1n) is 2.67. The van der Waals surface area contributed by atoms with Crippen LogP contribution in [0, 0.1) is 28.6 Å². The molecule has 0 fully saturated rings. The highest BCUT2D eigenvalue weighted by Gasteiger charge is 2.05. The summed E-state index contributed by atoms with van der Waals surface area (Å²) in [6.45, 7) is 0. The number of hydrogen-bond acceptors (Lipinski definition) is 4. The second-order valence-electron chi connectivity index (χ2n) is 1.76. The zero-order valence-electron chi connectivity index (χ0n) is 5.20. The summed E-state index contributed by atoms with van der Waals surface area (Å²) < 4.78 is 0. The van der Waals surface area contributed by atoms with Crippen LogP contribution in [0.2, 0.25) is 0 Å². The van der Waals surface area contributed by atoms with Crippen molar-refractivity contribution in [3.8, 4) is 12.1 Å². The van der Waals surface area contributed by atoms with Gasteiger partial charge >= 0.3 is 0 Å². The van der Waals surface area contributed by atoms with Crippen LogP contribution in [0.4, 0.5) is 0 Å².